The Morgan fingerprint density at radius 3 is 2.74 bits per heavy atom. The number of nitrogens with two attached hydrogens (primary N) is 1. The van der Waals surface area contributed by atoms with Crippen LogP contribution < -0.4 is 15.2 Å². The number of anilines is 1. The Kier molecular flexibility index (Phi) is 2.55. The minimum absolute atomic E-state index is 0.205. The quantitative estimate of drug-likeness (QED) is 0.895. The van der Waals surface area contributed by atoms with Gasteiger partial charge in [-0.1, -0.05) is 12.1 Å². The maximum Gasteiger partial charge on any atom is 0.322 e. The van der Waals surface area contributed by atoms with Crippen molar-refractivity contribution in [1.82, 2.24) is 9.97 Å². The second kappa shape index (κ2) is 4.12. The van der Waals surface area contributed by atoms with Crippen molar-refractivity contribution in [2.24, 2.45) is 0 Å². The molecule has 0 bridgehead atoms. The van der Waals surface area contributed by atoms with Crippen LogP contribution >= 0.6 is 0 Å². The molecule has 0 radical (unpaired) electrons. The second-order valence-corrected chi connectivity index (χ2v) is 5.18. The first-order valence-electron chi connectivity index (χ1n) is 6.10. The zero-order valence-electron chi connectivity index (χ0n) is 10.9. The Morgan fingerprint density at radius 2 is 2.00 bits per heavy atom. The van der Waals surface area contributed by atoms with Crippen LogP contribution in [-0.4, -0.2) is 15.6 Å². The van der Waals surface area contributed by atoms with E-state index >= 15 is 0 Å². The van der Waals surface area contributed by atoms with E-state index in [1.165, 1.54) is 12.4 Å². The fourth-order valence-electron chi connectivity index (χ4n) is 2.14. The smallest absolute Gasteiger partial charge is 0.322 e. The summed E-state index contributed by atoms with van der Waals surface area (Å²) in [6.45, 7) is 4.10. The van der Waals surface area contributed by atoms with Crippen molar-refractivity contribution >= 4 is 5.69 Å². The Hall–Kier alpha value is -2.30. The summed E-state index contributed by atoms with van der Waals surface area (Å²) in [6, 6.07) is 6.09. The molecular weight excluding hydrogens is 242 g/mol. The molecule has 2 N–H and O–H groups in total. The Balaban J connectivity index is 1.91. The highest BCUT2D eigenvalue weighted by molar-refractivity contribution is 5.51. The van der Waals surface area contributed by atoms with Crippen molar-refractivity contribution < 1.29 is 9.47 Å². The molecule has 5 nitrogen and oxygen atoms in total. The molecule has 0 fully saturated rings. The van der Waals surface area contributed by atoms with E-state index in [2.05, 4.69) is 23.8 Å². The van der Waals surface area contributed by atoms with Crippen LogP contribution in [0.25, 0.3) is 0 Å². The molecule has 1 aromatic heterocycles. The van der Waals surface area contributed by atoms with Crippen LogP contribution in [0.2, 0.25) is 0 Å². The predicted molar refractivity (Wildman–Crippen MR) is 71.4 cm³/mol. The molecule has 5 heteroatoms. The van der Waals surface area contributed by atoms with Gasteiger partial charge in [0.05, 0.1) is 18.1 Å². The number of ether oxygens (including phenoxy) is 2. The van der Waals surface area contributed by atoms with Gasteiger partial charge in [-0.3, -0.25) is 0 Å². The zero-order chi connectivity index (χ0) is 13.5. The molecule has 0 amide bonds. The third-order valence-electron chi connectivity index (χ3n) is 2.90. The summed E-state index contributed by atoms with van der Waals surface area (Å²) in [5, 5.41) is 0. The Bertz CT molecular complexity index is 609. The fourth-order valence-corrected chi connectivity index (χ4v) is 2.14. The lowest BCUT2D eigenvalue weighted by Gasteiger charge is -2.17. The second-order valence-electron chi connectivity index (χ2n) is 5.18. The van der Waals surface area contributed by atoms with Gasteiger partial charge in [0.25, 0.3) is 0 Å². The van der Waals surface area contributed by atoms with Gasteiger partial charge in [0.15, 0.2) is 11.5 Å². The molecule has 19 heavy (non-hydrogen) atoms. The molecule has 0 unspecified atom stereocenters. The topological polar surface area (TPSA) is 70.3 Å². The molecule has 2 heterocycles. The van der Waals surface area contributed by atoms with Gasteiger partial charge in [0.1, 0.15) is 5.60 Å². The van der Waals surface area contributed by atoms with Crippen LogP contribution in [0.4, 0.5) is 5.69 Å². The number of rotatable bonds is 2. The number of benzene rings is 1. The number of para-hydroxylation sites is 1. The Labute approximate surface area is 111 Å². The summed E-state index contributed by atoms with van der Waals surface area (Å²) in [5.74, 6) is 1.40. The van der Waals surface area contributed by atoms with Crippen molar-refractivity contribution in [2.75, 3.05) is 5.73 Å². The lowest BCUT2D eigenvalue weighted by Crippen LogP contribution is -2.24. The molecule has 1 aliphatic heterocycles. The first-order valence-corrected chi connectivity index (χ1v) is 6.10. The van der Waals surface area contributed by atoms with Crippen molar-refractivity contribution in [2.45, 2.75) is 25.9 Å². The normalized spacial score (nSPS) is 15.7. The van der Waals surface area contributed by atoms with Crippen LogP contribution in [0, 0.1) is 0 Å². The first kappa shape index (κ1) is 11.8. The minimum atomic E-state index is -0.205. The average Bonchev–Trinajstić information content (AvgIpc) is 2.67. The largest absolute Gasteiger partial charge is 0.483 e. The van der Waals surface area contributed by atoms with E-state index in [0.29, 0.717) is 11.4 Å². The molecule has 0 saturated heterocycles. The van der Waals surface area contributed by atoms with Gasteiger partial charge in [-0.2, -0.15) is 0 Å². The monoisotopic (exact) mass is 257 g/mol. The highest BCUT2D eigenvalue weighted by atomic mass is 16.5. The fraction of sp³-hybridized carbons (Fsp3) is 0.286. The van der Waals surface area contributed by atoms with E-state index in [0.717, 1.165) is 17.7 Å². The van der Waals surface area contributed by atoms with Crippen molar-refractivity contribution in [3.63, 3.8) is 0 Å². The summed E-state index contributed by atoms with van der Waals surface area (Å²) in [7, 11) is 0. The standard InChI is InChI=1S/C14H15N3O2/c1-14(2)6-9-4-3-5-11(12(9)19-14)18-13-16-7-10(15)8-17-13/h3-5,7-8H,6,15H2,1-2H3. The van der Waals surface area contributed by atoms with E-state index in [4.69, 9.17) is 15.2 Å². The van der Waals surface area contributed by atoms with Crippen LogP contribution in [0.3, 0.4) is 0 Å². The van der Waals surface area contributed by atoms with Crippen molar-refractivity contribution in [3.8, 4) is 17.5 Å². The molecule has 0 spiro atoms. The van der Waals surface area contributed by atoms with Gasteiger partial charge in [-0.25, -0.2) is 9.97 Å². The lowest BCUT2D eigenvalue weighted by atomic mass is 10.0. The number of fused-ring (bicyclic) bond motifs is 1. The summed E-state index contributed by atoms with van der Waals surface area (Å²) in [4.78, 5) is 8.04. The van der Waals surface area contributed by atoms with Gasteiger partial charge in [-0.15, -0.1) is 0 Å². The van der Waals surface area contributed by atoms with Gasteiger partial charge >= 0.3 is 6.01 Å². The number of hydrogen-bond acceptors (Lipinski definition) is 5. The van der Waals surface area contributed by atoms with Crippen molar-refractivity contribution in [3.05, 3.63) is 36.2 Å². The van der Waals surface area contributed by atoms with E-state index in [1.54, 1.807) is 0 Å². The highest BCUT2D eigenvalue weighted by Gasteiger charge is 2.32. The third-order valence-corrected chi connectivity index (χ3v) is 2.90. The molecule has 0 aliphatic carbocycles. The summed E-state index contributed by atoms with van der Waals surface area (Å²) in [6.07, 6.45) is 3.88. The summed E-state index contributed by atoms with van der Waals surface area (Å²) in [5.41, 5.74) is 6.98. The molecule has 98 valence electrons. The molecule has 1 aliphatic rings. The van der Waals surface area contributed by atoms with Crippen LogP contribution in [0.5, 0.6) is 17.5 Å². The maximum absolute atomic E-state index is 5.92. The number of aromatic nitrogens is 2. The minimum Gasteiger partial charge on any atom is -0.483 e. The van der Waals surface area contributed by atoms with Gasteiger partial charge in [0.2, 0.25) is 0 Å². The SMILES string of the molecule is CC1(C)Cc2cccc(Oc3ncc(N)cn3)c2O1. The van der Waals surface area contributed by atoms with Crippen LogP contribution in [-0.2, 0) is 6.42 Å². The molecular formula is C14H15N3O2. The van der Waals surface area contributed by atoms with Gasteiger partial charge < -0.3 is 15.2 Å². The first-order chi connectivity index (χ1) is 9.03. The highest BCUT2D eigenvalue weighted by Crippen LogP contribution is 2.42. The van der Waals surface area contributed by atoms with Crippen LogP contribution in [0.1, 0.15) is 19.4 Å². The predicted octanol–water partition coefficient (Wildman–Crippen LogP) is 2.56. The summed E-state index contributed by atoms with van der Waals surface area (Å²) >= 11 is 0. The van der Waals surface area contributed by atoms with Gasteiger partial charge in [0, 0.05) is 12.0 Å². The Morgan fingerprint density at radius 1 is 1.26 bits per heavy atom. The number of hydrogen-bond donors (Lipinski definition) is 1. The van der Waals surface area contributed by atoms with Gasteiger partial charge in [-0.05, 0) is 19.9 Å². The maximum atomic E-state index is 5.92. The molecule has 3 rings (SSSR count). The lowest BCUT2D eigenvalue weighted by molar-refractivity contribution is 0.134. The van der Waals surface area contributed by atoms with Crippen LogP contribution in [0.15, 0.2) is 30.6 Å². The van der Waals surface area contributed by atoms with E-state index in [9.17, 15) is 0 Å². The number of nitrogens with zero attached hydrogens (tertiary/aromatic N) is 2. The van der Waals surface area contributed by atoms with Crippen molar-refractivity contribution in [1.29, 1.82) is 0 Å². The number of nitrogen functional groups attached to an aromatic ring is 1. The third kappa shape index (κ3) is 2.31. The molecule has 2 aromatic rings. The molecule has 0 saturated carbocycles. The molecule has 0 atom stereocenters. The average molecular weight is 257 g/mol. The van der Waals surface area contributed by atoms with E-state index in [1.807, 2.05) is 18.2 Å². The summed E-state index contributed by atoms with van der Waals surface area (Å²) < 4.78 is 11.6. The van der Waals surface area contributed by atoms with E-state index in [-0.39, 0.29) is 11.6 Å². The zero-order valence-corrected chi connectivity index (χ0v) is 10.9. The van der Waals surface area contributed by atoms with E-state index < -0.39 is 0 Å². The molecule has 1 aromatic carbocycles.